The minimum atomic E-state index is -0.463. The highest BCUT2D eigenvalue weighted by Crippen LogP contribution is 2.21. The number of carbonyl (C=O) groups excluding carboxylic acids is 2. The maximum Gasteiger partial charge on any atom is 0.243 e. The molecule has 178 valence electrons. The Kier molecular flexibility index (Phi) is 10.1. The van der Waals surface area contributed by atoms with Crippen molar-refractivity contribution in [2.75, 3.05) is 5.75 Å². The van der Waals surface area contributed by atoms with E-state index in [4.69, 9.17) is 11.6 Å². The second-order valence-corrected chi connectivity index (χ2v) is 10.3. The van der Waals surface area contributed by atoms with Crippen LogP contribution in [0, 0.1) is 6.92 Å². The molecule has 2 aromatic rings. The summed E-state index contributed by atoms with van der Waals surface area (Å²) in [6, 6.07) is 15.6. The van der Waals surface area contributed by atoms with E-state index in [2.05, 4.69) is 18.3 Å². The van der Waals surface area contributed by atoms with E-state index >= 15 is 0 Å². The summed E-state index contributed by atoms with van der Waals surface area (Å²) in [5.41, 5.74) is 3.34. The Morgan fingerprint density at radius 1 is 1.09 bits per heavy atom. The summed E-state index contributed by atoms with van der Waals surface area (Å²) in [4.78, 5) is 28.5. The third-order valence-electron chi connectivity index (χ3n) is 6.35. The average molecular weight is 487 g/mol. The first kappa shape index (κ1) is 25.6. The summed E-state index contributed by atoms with van der Waals surface area (Å²) in [6.45, 7) is 4.49. The highest BCUT2D eigenvalue weighted by Gasteiger charge is 2.30. The van der Waals surface area contributed by atoms with Gasteiger partial charge in [0.25, 0.3) is 0 Å². The minimum absolute atomic E-state index is 0.00265. The second kappa shape index (κ2) is 13.0. The summed E-state index contributed by atoms with van der Waals surface area (Å²) in [6.07, 6.45) is 6.23. The van der Waals surface area contributed by atoms with Crippen molar-refractivity contribution in [3.05, 3.63) is 70.2 Å². The molecular formula is C27H35ClN2O2S. The van der Waals surface area contributed by atoms with Gasteiger partial charge in [-0.3, -0.25) is 9.59 Å². The standard InChI is InChI=1S/C27H35ClN2O2S/c1-3-25(27(32)29-24-11-5-4-6-12-24)30(17-22-10-8-7-9-20(22)2)26(31)19-33-18-21-13-15-23(28)16-14-21/h7-10,13-16,24-25H,3-6,11-12,17-19H2,1-2H3,(H,29,32)/t25-/m0/s1. The van der Waals surface area contributed by atoms with Gasteiger partial charge in [0, 0.05) is 23.4 Å². The molecule has 0 saturated heterocycles. The topological polar surface area (TPSA) is 49.4 Å². The van der Waals surface area contributed by atoms with Gasteiger partial charge in [0.05, 0.1) is 5.75 Å². The monoisotopic (exact) mass is 486 g/mol. The molecule has 6 heteroatoms. The summed E-state index contributed by atoms with van der Waals surface area (Å²) in [7, 11) is 0. The Balaban J connectivity index is 1.70. The second-order valence-electron chi connectivity index (χ2n) is 8.83. The van der Waals surface area contributed by atoms with Crippen LogP contribution in [0.4, 0.5) is 0 Å². The molecule has 0 heterocycles. The molecule has 0 bridgehead atoms. The van der Waals surface area contributed by atoms with Crippen LogP contribution in [0.5, 0.6) is 0 Å². The van der Waals surface area contributed by atoms with E-state index in [1.807, 2.05) is 49.4 Å². The number of carbonyl (C=O) groups is 2. The van der Waals surface area contributed by atoms with Crippen molar-refractivity contribution in [2.24, 2.45) is 0 Å². The molecule has 3 rings (SSSR count). The van der Waals surface area contributed by atoms with Gasteiger partial charge < -0.3 is 10.2 Å². The number of nitrogens with zero attached hydrogens (tertiary/aromatic N) is 1. The Hall–Kier alpha value is -1.98. The van der Waals surface area contributed by atoms with Crippen LogP contribution in [0.1, 0.15) is 62.1 Å². The number of rotatable bonds is 10. The smallest absolute Gasteiger partial charge is 0.243 e. The van der Waals surface area contributed by atoms with Crippen LogP contribution in [0.15, 0.2) is 48.5 Å². The summed E-state index contributed by atoms with van der Waals surface area (Å²) < 4.78 is 0. The van der Waals surface area contributed by atoms with Crippen LogP contribution in [0.2, 0.25) is 5.02 Å². The van der Waals surface area contributed by atoms with Gasteiger partial charge in [-0.05, 0) is 55.0 Å². The molecule has 0 spiro atoms. The average Bonchev–Trinajstić information content (AvgIpc) is 2.82. The lowest BCUT2D eigenvalue weighted by Crippen LogP contribution is -2.52. The van der Waals surface area contributed by atoms with Gasteiger partial charge >= 0.3 is 0 Å². The van der Waals surface area contributed by atoms with E-state index in [1.54, 1.807) is 16.7 Å². The van der Waals surface area contributed by atoms with Crippen LogP contribution >= 0.6 is 23.4 Å². The lowest BCUT2D eigenvalue weighted by atomic mass is 9.95. The van der Waals surface area contributed by atoms with Gasteiger partial charge in [-0.15, -0.1) is 11.8 Å². The van der Waals surface area contributed by atoms with E-state index in [0.29, 0.717) is 23.7 Å². The fourth-order valence-electron chi connectivity index (χ4n) is 4.35. The molecule has 1 N–H and O–H groups in total. The van der Waals surface area contributed by atoms with Gasteiger partial charge in [-0.1, -0.05) is 74.2 Å². The van der Waals surface area contributed by atoms with Crippen molar-refractivity contribution in [3.63, 3.8) is 0 Å². The quantitative estimate of drug-likeness (QED) is 0.439. The van der Waals surface area contributed by atoms with E-state index in [9.17, 15) is 9.59 Å². The molecule has 1 atom stereocenters. The Morgan fingerprint density at radius 3 is 2.45 bits per heavy atom. The molecule has 0 aromatic heterocycles. The molecule has 33 heavy (non-hydrogen) atoms. The highest BCUT2D eigenvalue weighted by molar-refractivity contribution is 7.99. The fourth-order valence-corrected chi connectivity index (χ4v) is 5.35. The third kappa shape index (κ3) is 7.79. The first-order valence-corrected chi connectivity index (χ1v) is 13.5. The molecule has 2 amide bonds. The van der Waals surface area contributed by atoms with Gasteiger partial charge in [0.1, 0.15) is 6.04 Å². The first-order valence-electron chi connectivity index (χ1n) is 11.9. The van der Waals surface area contributed by atoms with Crippen LogP contribution in [0.3, 0.4) is 0 Å². The number of amides is 2. The third-order valence-corrected chi connectivity index (χ3v) is 7.59. The van der Waals surface area contributed by atoms with Crippen LogP contribution in [-0.4, -0.2) is 34.6 Å². The van der Waals surface area contributed by atoms with Crippen molar-refractivity contribution >= 4 is 35.2 Å². The van der Waals surface area contributed by atoms with Gasteiger partial charge in [0.2, 0.25) is 11.8 Å². The highest BCUT2D eigenvalue weighted by atomic mass is 35.5. The molecule has 1 aliphatic rings. The molecule has 4 nitrogen and oxygen atoms in total. The van der Waals surface area contributed by atoms with Gasteiger partial charge in [0.15, 0.2) is 0 Å². The molecule has 0 aliphatic heterocycles. The molecule has 1 fully saturated rings. The number of aryl methyl sites for hydroxylation is 1. The molecule has 2 aromatic carbocycles. The van der Waals surface area contributed by atoms with Gasteiger partial charge in [-0.2, -0.15) is 0 Å². The van der Waals surface area contributed by atoms with Crippen LogP contribution in [0.25, 0.3) is 0 Å². The zero-order chi connectivity index (χ0) is 23.6. The lowest BCUT2D eigenvalue weighted by Gasteiger charge is -2.33. The van der Waals surface area contributed by atoms with E-state index in [-0.39, 0.29) is 17.9 Å². The molecule has 0 unspecified atom stereocenters. The van der Waals surface area contributed by atoms with Gasteiger partial charge in [-0.25, -0.2) is 0 Å². The number of nitrogens with one attached hydrogen (secondary N) is 1. The number of thioether (sulfide) groups is 1. The van der Waals surface area contributed by atoms with E-state index in [0.717, 1.165) is 48.1 Å². The molecule has 0 radical (unpaired) electrons. The van der Waals surface area contributed by atoms with Crippen molar-refractivity contribution in [2.45, 2.75) is 76.8 Å². The lowest BCUT2D eigenvalue weighted by molar-refractivity contribution is -0.139. The minimum Gasteiger partial charge on any atom is -0.352 e. The normalized spacial score (nSPS) is 15.1. The molecular weight excluding hydrogens is 452 g/mol. The predicted octanol–water partition coefficient (Wildman–Crippen LogP) is 6.14. The summed E-state index contributed by atoms with van der Waals surface area (Å²) in [5, 5.41) is 3.95. The van der Waals surface area contributed by atoms with Crippen molar-refractivity contribution in [1.82, 2.24) is 10.2 Å². The van der Waals surface area contributed by atoms with Crippen molar-refractivity contribution < 1.29 is 9.59 Å². The zero-order valence-corrected chi connectivity index (χ0v) is 21.3. The maximum atomic E-state index is 13.4. The summed E-state index contributed by atoms with van der Waals surface area (Å²) >= 11 is 7.54. The number of hydrogen-bond donors (Lipinski definition) is 1. The van der Waals surface area contributed by atoms with Crippen molar-refractivity contribution in [3.8, 4) is 0 Å². The first-order chi connectivity index (χ1) is 16.0. The van der Waals surface area contributed by atoms with E-state index in [1.165, 1.54) is 6.42 Å². The van der Waals surface area contributed by atoms with Crippen molar-refractivity contribution in [1.29, 1.82) is 0 Å². The maximum absolute atomic E-state index is 13.4. The van der Waals surface area contributed by atoms with E-state index < -0.39 is 6.04 Å². The molecule has 1 aliphatic carbocycles. The largest absolute Gasteiger partial charge is 0.352 e. The Labute approximate surface area is 207 Å². The Bertz CT molecular complexity index is 913. The zero-order valence-electron chi connectivity index (χ0n) is 19.7. The number of hydrogen-bond acceptors (Lipinski definition) is 3. The summed E-state index contributed by atoms with van der Waals surface area (Å²) in [5.74, 6) is 1.05. The Morgan fingerprint density at radius 2 is 1.79 bits per heavy atom. The number of benzene rings is 2. The fraction of sp³-hybridized carbons (Fsp3) is 0.481. The number of halogens is 1. The predicted molar refractivity (Wildman–Crippen MR) is 138 cm³/mol. The van der Waals surface area contributed by atoms with Crippen LogP contribution < -0.4 is 5.32 Å². The van der Waals surface area contributed by atoms with Crippen LogP contribution in [-0.2, 0) is 21.9 Å². The SMILES string of the molecule is CC[C@@H](C(=O)NC1CCCCC1)N(Cc1ccccc1C)C(=O)CSCc1ccc(Cl)cc1. The molecule has 1 saturated carbocycles.